The zero-order valence-corrected chi connectivity index (χ0v) is 13.4. The summed E-state index contributed by atoms with van der Waals surface area (Å²) in [6.07, 6.45) is 0.969. The number of para-hydroxylation sites is 1. The number of nitrogens with zero attached hydrogens (tertiary/aromatic N) is 2. The van der Waals surface area contributed by atoms with Gasteiger partial charge in [-0.3, -0.25) is 4.99 Å². The van der Waals surface area contributed by atoms with E-state index >= 15 is 0 Å². The van der Waals surface area contributed by atoms with Crippen LogP contribution in [0.25, 0.3) is 0 Å². The summed E-state index contributed by atoms with van der Waals surface area (Å²) >= 11 is 0. The highest BCUT2D eigenvalue weighted by Crippen LogP contribution is 2.17. The highest BCUT2D eigenvalue weighted by Gasteiger charge is 2.19. The Morgan fingerprint density at radius 2 is 1.70 bits per heavy atom. The van der Waals surface area contributed by atoms with Crippen LogP contribution < -0.4 is 16.0 Å². The molecular formula is C19H24N4. The highest BCUT2D eigenvalue weighted by atomic mass is 15.2. The Morgan fingerprint density at radius 1 is 1.00 bits per heavy atom. The van der Waals surface area contributed by atoms with Crippen LogP contribution in [0.5, 0.6) is 0 Å². The predicted octanol–water partition coefficient (Wildman–Crippen LogP) is 2.41. The summed E-state index contributed by atoms with van der Waals surface area (Å²) in [5, 5.41) is 3.51. The molecule has 4 heteroatoms. The van der Waals surface area contributed by atoms with E-state index in [2.05, 4.69) is 69.8 Å². The van der Waals surface area contributed by atoms with Gasteiger partial charge in [-0.2, -0.15) is 0 Å². The maximum Gasteiger partial charge on any atom is 0.116 e. The third-order valence-electron chi connectivity index (χ3n) is 4.07. The Hall–Kier alpha value is -2.33. The van der Waals surface area contributed by atoms with Crippen molar-refractivity contribution in [3.63, 3.8) is 0 Å². The van der Waals surface area contributed by atoms with Gasteiger partial charge in [0.05, 0.1) is 13.1 Å². The van der Waals surface area contributed by atoms with E-state index in [1.807, 2.05) is 6.07 Å². The molecule has 120 valence electrons. The van der Waals surface area contributed by atoms with E-state index < -0.39 is 0 Å². The smallest absolute Gasteiger partial charge is 0.116 e. The monoisotopic (exact) mass is 308 g/mol. The Kier molecular flexibility index (Phi) is 5.27. The first-order chi connectivity index (χ1) is 11.3. The van der Waals surface area contributed by atoms with Gasteiger partial charge in [-0.15, -0.1) is 0 Å². The largest absolute Gasteiger partial charge is 0.368 e. The van der Waals surface area contributed by atoms with Crippen molar-refractivity contribution in [2.24, 2.45) is 10.7 Å². The third-order valence-corrected chi connectivity index (χ3v) is 4.07. The first-order valence-electron chi connectivity index (χ1n) is 8.19. The van der Waals surface area contributed by atoms with Gasteiger partial charge < -0.3 is 16.0 Å². The van der Waals surface area contributed by atoms with Crippen molar-refractivity contribution in [2.75, 3.05) is 24.5 Å². The molecule has 23 heavy (non-hydrogen) atoms. The van der Waals surface area contributed by atoms with Crippen molar-refractivity contribution in [2.45, 2.75) is 19.0 Å². The molecule has 2 aromatic rings. The van der Waals surface area contributed by atoms with Gasteiger partial charge in [0.2, 0.25) is 0 Å². The zero-order valence-electron chi connectivity index (χ0n) is 13.4. The fourth-order valence-corrected chi connectivity index (χ4v) is 2.87. The number of anilines is 1. The Labute approximate surface area is 138 Å². The predicted molar refractivity (Wildman–Crippen MR) is 96.8 cm³/mol. The van der Waals surface area contributed by atoms with Gasteiger partial charge in [0.25, 0.3) is 0 Å². The van der Waals surface area contributed by atoms with Crippen LogP contribution in [0.1, 0.15) is 12.0 Å². The van der Waals surface area contributed by atoms with Crippen molar-refractivity contribution in [1.29, 1.82) is 0 Å². The number of aliphatic imine (C=N–C) groups is 1. The number of nitrogens with one attached hydrogen (secondary N) is 1. The van der Waals surface area contributed by atoms with Crippen LogP contribution in [0.2, 0.25) is 0 Å². The standard InChI is InChI=1S/C19H24N4/c20-12-11-17-13-21-19(22-17)15-23(18-9-5-2-6-10-18)14-16-7-3-1-4-8-16/h1-10,17H,11-15,20H2,(H,21,22)/t17-/m0/s1. The molecule has 0 fully saturated rings. The molecule has 1 atom stereocenters. The molecule has 0 unspecified atom stereocenters. The highest BCUT2D eigenvalue weighted by molar-refractivity contribution is 5.88. The number of rotatable bonds is 7. The SMILES string of the molecule is NCC[C@H]1CN=C(CN(Cc2ccccc2)c2ccccc2)N1. The second-order valence-electron chi connectivity index (χ2n) is 5.88. The fourth-order valence-electron chi connectivity index (χ4n) is 2.87. The fraction of sp³-hybridized carbons (Fsp3) is 0.316. The average Bonchev–Trinajstić information content (AvgIpc) is 3.04. The topological polar surface area (TPSA) is 53.6 Å². The van der Waals surface area contributed by atoms with Gasteiger partial charge in [-0.25, -0.2) is 0 Å². The lowest BCUT2D eigenvalue weighted by molar-refractivity contribution is 0.607. The van der Waals surface area contributed by atoms with Crippen LogP contribution in [-0.2, 0) is 6.54 Å². The second-order valence-corrected chi connectivity index (χ2v) is 5.88. The molecule has 1 aliphatic heterocycles. The van der Waals surface area contributed by atoms with E-state index in [4.69, 9.17) is 5.73 Å². The zero-order chi connectivity index (χ0) is 15.9. The molecule has 2 aromatic carbocycles. The summed E-state index contributed by atoms with van der Waals surface area (Å²) < 4.78 is 0. The minimum atomic E-state index is 0.393. The van der Waals surface area contributed by atoms with Gasteiger partial charge in [0.1, 0.15) is 5.84 Å². The van der Waals surface area contributed by atoms with Gasteiger partial charge >= 0.3 is 0 Å². The minimum absolute atomic E-state index is 0.393. The normalized spacial score (nSPS) is 16.7. The van der Waals surface area contributed by atoms with Crippen LogP contribution in [0, 0.1) is 0 Å². The third kappa shape index (κ3) is 4.33. The van der Waals surface area contributed by atoms with Crippen LogP contribution in [-0.4, -0.2) is 31.5 Å². The summed E-state index contributed by atoms with van der Waals surface area (Å²) in [5.41, 5.74) is 8.16. The molecule has 4 nitrogen and oxygen atoms in total. The first-order valence-corrected chi connectivity index (χ1v) is 8.19. The molecule has 0 amide bonds. The van der Waals surface area contributed by atoms with Gasteiger partial charge in [0, 0.05) is 18.3 Å². The van der Waals surface area contributed by atoms with E-state index in [0.717, 1.165) is 31.9 Å². The van der Waals surface area contributed by atoms with Crippen molar-refractivity contribution < 1.29 is 0 Å². The minimum Gasteiger partial charge on any atom is -0.368 e. The summed E-state index contributed by atoms with van der Waals surface area (Å²) in [6, 6.07) is 21.4. The van der Waals surface area contributed by atoms with Crippen LogP contribution >= 0.6 is 0 Å². The average molecular weight is 308 g/mol. The Bertz CT molecular complexity index is 624. The lowest BCUT2D eigenvalue weighted by atomic mass is 10.2. The molecule has 1 heterocycles. The first kappa shape index (κ1) is 15.6. The van der Waals surface area contributed by atoms with E-state index in [-0.39, 0.29) is 0 Å². The van der Waals surface area contributed by atoms with Gasteiger partial charge in [-0.1, -0.05) is 48.5 Å². The Balaban J connectivity index is 1.71. The summed E-state index contributed by atoms with van der Waals surface area (Å²) in [7, 11) is 0. The molecule has 1 aliphatic rings. The van der Waals surface area contributed by atoms with E-state index in [9.17, 15) is 0 Å². The molecule has 0 saturated carbocycles. The van der Waals surface area contributed by atoms with Crippen molar-refractivity contribution in [3.8, 4) is 0 Å². The summed E-state index contributed by atoms with van der Waals surface area (Å²) in [5.74, 6) is 1.06. The second kappa shape index (κ2) is 7.79. The Morgan fingerprint density at radius 3 is 2.39 bits per heavy atom. The van der Waals surface area contributed by atoms with Crippen LogP contribution in [0.4, 0.5) is 5.69 Å². The van der Waals surface area contributed by atoms with E-state index in [1.54, 1.807) is 0 Å². The van der Waals surface area contributed by atoms with Gasteiger partial charge in [-0.05, 0) is 30.7 Å². The maximum atomic E-state index is 5.65. The maximum absolute atomic E-state index is 5.65. The van der Waals surface area contributed by atoms with Crippen molar-refractivity contribution in [3.05, 3.63) is 66.2 Å². The molecule has 0 saturated heterocycles. The van der Waals surface area contributed by atoms with Crippen LogP contribution in [0.15, 0.2) is 65.7 Å². The van der Waals surface area contributed by atoms with E-state index in [0.29, 0.717) is 12.6 Å². The van der Waals surface area contributed by atoms with Crippen molar-refractivity contribution >= 4 is 11.5 Å². The number of benzene rings is 2. The lowest BCUT2D eigenvalue weighted by Crippen LogP contribution is -2.39. The van der Waals surface area contributed by atoms with Gasteiger partial charge in [0.15, 0.2) is 0 Å². The number of amidine groups is 1. The molecule has 0 bridgehead atoms. The molecule has 0 aliphatic carbocycles. The molecule has 3 N–H and O–H groups in total. The summed E-state index contributed by atoms with van der Waals surface area (Å²) in [4.78, 5) is 7.00. The number of nitrogens with two attached hydrogens (primary N) is 1. The lowest BCUT2D eigenvalue weighted by Gasteiger charge is -2.25. The number of hydrogen-bond acceptors (Lipinski definition) is 4. The molecule has 3 rings (SSSR count). The number of hydrogen-bond donors (Lipinski definition) is 2. The van der Waals surface area contributed by atoms with Crippen LogP contribution in [0.3, 0.4) is 0 Å². The van der Waals surface area contributed by atoms with Crippen molar-refractivity contribution in [1.82, 2.24) is 5.32 Å². The molecule has 0 aromatic heterocycles. The quantitative estimate of drug-likeness (QED) is 0.826. The molecule has 0 spiro atoms. The summed E-state index contributed by atoms with van der Waals surface area (Å²) in [6.45, 7) is 3.19. The molecule has 0 radical (unpaired) electrons. The van der Waals surface area contributed by atoms with E-state index in [1.165, 1.54) is 11.3 Å². The molecular weight excluding hydrogens is 284 g/mol.